The van der Waals surface area contributed by atoms with Crippen LogP contribution in [0.15, 0.2) is 30.7 Å². The number of benzene rings is 1. The molecule has 5 nitrogen and oxygen atoms in total. The second kappa shape index (κ2) is 6.17. The molecular weight excluding hydrogens is 328 g/mol. The van der Waals surface area contributed by atoms with Crippen LogP contribution in [-0.4, -0.2) is 38.5 Å². The van der Waals surface area contributed by atoms with Crippen molar-refractivity contribution in [2.24, 2.45) is 0 Å². The highest BCUT2D eigenvalue weighted by Gasteiger charge is 2.38. The van der Waals surface area contributed by atoms with Gasteiger partial charge in [-0.2, -0.15) is 0 Å². The molecule has 1 aromatic heterocycles. The number of carbonyl (C=O) groups is 1. The van der Waals surface area contributed by atoms with Crippen LogP contribution in [0.4, 0.5) is 8.78 Å². The van der Waals surface area contributed by atoms with Gasteiger partial charge in [-0.25, -0.2) is 18.7 Å². The fourth-order valence-corrected chi connectivity index (χ4v) is 2.90. The van der Waals surface area contributed by atoms with Gasteiger partial charge in [0, 0.05) is 18.3 Å². The number of carbonyl (C=O) groups excluding carboxylic acids is 1. The van der Waals surface area contributed by atoms with Crippen LogP contribution in [0.3, 0.4) is 0 Å². The third-order valence-corrected chi connectivity index (χ3v) is 4.00. The molecule has 1 N–H and O–H groups in total. The van der Waals surface area contributed by atoms with Crippen molar-refractivity contribution < 1.29 is 18.7 Å². The molecule has 3 rings (SSSR count). The molecule has 2 atom stereocenters. The summed E-state index contributed by atoms with van der Waals surface area (Å²) in [6, 6.07) is 2.23. The smallest absolute Gasteiger partial charge is 0.274 e. The molecule has 0 saturated carbocycles. The van der Waals surface area contributed by atoms with Crippen LogP contribution in [0.2, 0.25) is 5.02 Å². The first-order valence-electron chi connectivity index (χ1n) is 6.87. The van der Waals surface area contributed by atoms with Crippen LogP contribution in [-0.2, 0) is 0 Å². The van der Waals surface area contributed by atoms with Gasteiger partial charge in [0.05, 0.1) is 17.2 Å². The van der Waals surface area contributed by atoms with E-state index in [9.17, 15) is 18.7 Å². The Morgan fingerprint density at radius 2 is 2.17 bits per heavy atom. The number of rotatable bonds is 2. The number of hydrogen-bond acceptors (Lipinski definition) is 4. The third-order valence-electron chi connectivity index (χ3n) is 3.73. The summed E-state index contributed by atoms with van der Waals surface area (Å²) < 4.78 is 27.5. The highest BCUT2D eigenvalue weighted by atomic mass is 35.5. The number of nitrogens with zero attached hydrogens (tertiary/aromatic N) is 3. The van der Waals surface area contributed by atoms with Crippen LogP contribution in [0.25, 0.3) is 0 Å². The molecule has 0 aliphatic carbocycles. The van der Waals surface area contributed by atoms with Crippen LogP contribution < -0.4 is 0 Å². The van der Waals surface area contributed by atoms with Crippen molar-refractivity contribution in [2.45, 2.75) is 18.6 Å². The van der Waals surface area contributed by atoms with Crippen molar-refractivity contribution in [3.05, 3.63) is 58.6 Å². The van der Waals surface area contributed by atoms with Crippen molar-refractivity contribution >= 4 is 17.5 Å². The van der Waals surface area contributed by atoms with Crippen molar-refractivity contribution in [1.82, 2.24) is 14.9 Å². The summed E-state index contributed by atoms with van der Waals surface area (Å²) in [6.07, 6.45) is 1.71. The van der Waals surface area contributed by atoms with Gasteiger partial charge in [0.25, 0.3) is 5.91 Å². The minimum absolute atomic E-state index is 0.0140. The Hall–Kier alpha value is -2.12. The first-order chi connectivity index (χ1) is 11.0. The van der Waals surface area contributed by atoms with Crippen LogP contribution in [0.5, 0.6) is 0 Å². The number of halogens is 3. The summed E-state index contributed by atoms with van der Waals surface area (Å²) in [6.45, 7) is -0.0141. The number of likely N-dealkylation sites (tertiary alicyclic amines) is 1. The van der Waals surface area contributed by atoms with Gasteiger partial charge in [-0.1, -0.05) is 11.6 Å². The molecule has 0 unspecified atom stereocenters. The van der Waals surface area contributed by atoms with Crippen LogP contribution >= 0.6 is 11.6 Å². The summed E-state index contributed by atoms with van der Waals surface area (Å²) in [5.41, 5.74) is -0.0299. The molecule has 23 heavy (non-hydrogen) atoms. The minimum atomic E-state index is -0.841. The van der Waals surface area contributed by atoms with Crippen molar-refractivity contribution in [2.75, 3.05) is 6.54 Å². The van der Waals surface area contributed by atoms with Gasteiger partial charge in [-0.3, -0.25) is 4.79 Å². The zero-order valence-corrected chi connectivity index (χ0v) is 12.5. The van der Waals surface area contributed by atoms with Gasteiger partial charge >= 0.3 is 0 Å². The number of β-amino-alcohol motifs (C(OH)–C–C–N with tert-alkyl or cyclic N) is 1. The molecule has 8 heteroatoms. The van der Waals surface area contributed by atoms with Gasteiger partial charge in [-0.05, 0) is 24.6 Å². The van der Waals surface area contributed by atoms with Crippen LogP contribution in [0, 0.1) is 11.6 Å². The van der Waals surface area contributed by atoms with Gasteiger partial charge in [0.2, 0.25) is 0 Å². The highest BCUT2D eigenvalue weighted by molar-refractivity contribution is 6.33. The lowest BCUT2D eigenvalue weighted by atomic mass is 10.0. The normalized spacial score (nSPS) is 20.8. The maximum Gasteiger partial charge on any atom is 0.274 e. The third kappa shape index (κ3) is 3.02. The molecule has 1 aliphatic heterocycles. The molecule has 2 aromatic rings. The van der Waals surface area contributed by atoms with Gasteiger partial charge in [0.1, 0.15) is 23.7 Å². The molecule has 0 bridgehead atoms. The van der Waals surface area contributed by atoms with E-state index in [2.05, 4.69) is 9.97 Å². The lowest BCUT2D eigenvalue weighted by Gasteiger charge is -2.25. The number of aliphatic hydroxyl groups is 1. The largest absolute Gasteiger partial charge is 0.391 e. The van der Waals surface area contributed by atoms with Crippen molar-refractivity contribution in [3.8, 4) is 0 Å². The molecule has 1 saturated heterocycles. The summed E-state index contributed by atoms with van der Waals surface area (Å²) in [5, 5.41) is 9.93. The standard InChI is InChI=1S/C15H12ClF2N3O2/c16-11-5-19-7-20-14(11)15(23)21-6-9(22)4-13(21)10-3-8(17)1-2-12(10)18/h1-3,5,7,9,13,22H,4,6H2/t9-,13+/m0/s1. The SMILES string of the molecule is O=C(c1ncncc1Cl)N1C[C@@H](O)C[C@@H]1c1cc(F)ccc1F. The highest BCUT2D eigenvalue weighted by Crippen LogP contribution is 2.35. The van der Waals surface area contributed by atoms with Crippen molar-refractivity contribution in [3.63, 3.8) is 0 Å². The van der Waals surface area contributed by atoms with Gasteiger partial charge in [-0.15, -0.1) is 0 Å². The Bertz CT molecular complexity index is 759. The summed E-state index contributed by atoms with van der Waals surface area (Å²) in [7, 11) is 0. The Morgan fingerprint density at radius 3 is 2.91 bits per heavy atom. The fourth-order valence-electron chi connectivity index (χ4n) is 2.71. The maximum atomic E-state index is 14.0. The summed E-state index contributed by atoms with van der Waals surface area (Å²) in [4.78, 5) is 21.4. The minimum Gasteiger partial charge on any atom is -0.391 e. The van der Waals surface area contributed by atoms with E-state index in [-0.39, 0.29) is 29.2 Å². The predicted octanol–water partition coefficient (Wildman–Crippen LogP) is 2.36. The van der Waals surface area contributed by atoms with Crippen LogP contribution in [0.1, 0.15) is 28.5 Å². The zero-order chi connectivity index (χ0) is 16.6. The number of aromatic nitrogens is 2. The molecule has 1 fully saturated rings. The number of amides is 1. The molecule has 2 heterocycles. The Labute approximate surface area is 135 Å². The van der Waals surface area contributed by atoms with Gasteiger partial charge < -0.3 is 10.0 Å². The monoisotopic (exact) mass is 339 g/mol. The first kappa shape index (κ1) is 15.8. The van der Waals surface area contributed by atoms with E-state index in [1.807, 2.05) is 0 Å². The average molecular weight is 340 g/mol. The molecule has 1 aromatic carbocycles. The molecule has 1 aliphatic rings. The average Bonchev–Trinajstić information content (AvgIpc) is 2.91. The second-order valence-electron chi connectivity index (χ2n) is 5.25. The fraction of sp³-hybridized carbons (Fsp3) is 0.267. The van der Waals surface area contributed by atoms with E-state index in [0.29, 0.717) is 0 Å². The van der Waals surface area contributed by atoms with E-state index >= 15 is 0 Å². The summed E-state index contributed by atoms with van der Waals surface area (Å²) >= 11 is 5.92. The second-order valence-corrected chi connectivity index (χ2v) is 5.66. The molecule has 1 amide bonds. The maximum absolute atomic E-state index is 14.0. The predicted molar refractivity (Wildman–Crippen MR) is 77.8 cm³/mol. The topological polar surface area (TPSA) is 66.3 Å². The quantitative estimate of drug-likeness (QED) is 0.912. The Kier molecular flexibility index (Phi) is 4.23. The molecule has 0 radical (unpaired) electrons. The lowest BCUT2D eigenvalue weighted by molar-refractivity contribution is 0.0707. The summed E-state index contributed by atoms with van der Waals surface area (Å²) in [5.74, 6) is -1.82. The Balaban J connectivity index is 1.99. The van der Waals surface area contributed by atoms with E-state index < -0.39 is 29.7 Å². The van der Waals surface area contributed by atoms with Gasteiger partial charge in [0.15, 0.2) is 0 Å². The van der Waals surface area contributed by atoms with E-state index in [4.69, 9.17) is 11.6 Å². The zero-order valence-electron chi connectivity index (χ0n) is 11.8. The van der Waals surface area contributed by atoms with E-state index in [0.717, 1.165) is 18.2 Å². The number of hydrogen-bond donors (Lipinski definition) is 1. The lowest BCUT2D eigenvalue weighted by Crippen LogP contribution is -2.33. The number of aliphatic hydroxyl groups excluding tert-OH is 1. The molecular formula is C15H12ClF2N3O2. The first-order valence-corrected chi connectivity index (χ1v) is 7.24. The van der Waals surface area contributed by atoms with E-state index in [1.165, 1.54) is 17.4 Å². The van der Waals surface area contributed by atoms with E-state index in [1.54, 1.807) is 0 Å². The van der Waals surface area contributed by atoms with Crippen molar-refractivity contribution in [1.29, 1.82) is 0 Å². The molecule has 0 spiro atoms. The molecule has 120 valence electrons. The Morgan fingerprint density at radius 1 is 1.39 bits per heavy atom.